The summed E-state index contributed by atoms with van der Waals surface area (Å²) in [5.74, 6) is -1.20. The van der Waals surface area contributed by atoms with E-state index >= 15 is 0 Å². The lowest BCUT2D eigenvalue weighted by Crippen LogP contribution is -2.16. The Morgan fingerprint density at radius 3 is 1.76 bits per heavy atom. The molecule has 0 saturated carbocycles. The molecule has 25 heavy (non-hydrogen) atoms. The van der Waals surface area contributed by atoms with E-state index in [1.54, 1.807) is 31.2 Å². The summed E-state index contributed by atoms with van der Waals surface area (Å²) in [6.45, 7) is 2.04. The first-order chi connectivity index (χ1) is 11.8. The number of rotatable bonds is 7. The molecule has 0 aliphatic rings. The first-order valence-electron chi connectivity index (χ1n) is 8.27. The fourth-order valence-electron chi connectivity index (χ4n) is 2.58. The van der Waals surface area contributed by atoms with Crippen LogP contribution in [0, 0.1) is 0 Å². The number of benzene rings is 2. The second-order valence-electron chi connectivity index (χ2n) is 6.29. The number of hydrogen-bond acceptors (Lipinski definition) is 5. The summed E-state index contributed by atoms with van der Waals surface area (Å²) in [6.07, 6.45) is 0. The van der Waals surface area contributed by atoms with Crippen LogP contribution in [0.15, 0.2) is 48.5 Å². The molecule has 0 bridgehead atoms. The smallest absolute Gasteiger partial charge is 0.264 e. The van der Waals surface area contributed by atoms with Gasteiger partial charge in [0, 0.05) is 44.9 Å². The number of anilines is 2. The molecule has 6 heteroatoms. The molecular formula is C19H27N2O3P. The zero-order chi connectivity index (χ0) is 18.6. The van der Waals surface area contributed by atoms with Gasteiger partial charge in [-0.15, -0.1) is 0 Å². The van der Waals surface area contributed by atoms with E-state index in [-0.39, 0.29) is 6.61 Å². The monoisotopic (exact) mass is 362 g/mol. The Balaban J connectivity index is 2.38. The van der Waals surface area contributed by atoms with E-state index in [9.17, 15) is 9.67 Å². The SMILES string of the molecule is CCO[P@@](=O)(c1ccc(N(C)C)cc1)[C@H](O)c1ccc(N(C)C)cc1. The molecular weight excluding hydrogens is 335 g/mol. The molecule has 2 rings (SSSR count). The Hall–Kier alpha value is -1.81. The standard InChI is InChI=1S/C19H27N2O3P/c1-6-24-25(23,18-13-11-17(12-14-18)21(4)5)19(22)15-7-9-16(10-8-15)20(2)3/h7-14,19,22H,6H2,1-5H3/t19-,25-/m0/s1. The normalized spacial score (nSPS) is 14.6. The fourth-order valence-corrected chi connectivity index (χ4v) is 4.66. The fraction of sp³-hybridized carbons (Fsp3) is 0.368. The van der Waals surface area contributed by atoms with Gasteiger partial charge >= 0.3 is 0 Å². The summed E-state index contributed by atoms with van der Waals surface area (Å²) in [7, 11) is 4.33. The second kappa shape index (κ2) is 8.05. The predicted octanol–water partition coefficient (Wildman–Crippen LogP) is 3.45. The molecule has 0 unspecified atom stereocenters. The van der Waals surface area contributed by atoms with Crippen LogP contribution >= 0.6 is 7.37 Å². The summed E-state index contributed by atoms with van der Waals surface area (Å²) >= 11 is 0. The van der Waals surface area contributed by atoms with Crippen molar-refractivity contribution in [3.8, 4) is 0 Å². The highest BCUT2D eigenvalue weighted by atomic mass is 31.2. The molecule has 0 aliphatic carbocycles. The van der Waals surface area contributed by atoms with Crippen molar-refractivity contribution in [1.82, 2.24) is 0 Å². The summed E-state index contributed by atoms with van der Waals surface area (Å²) in [6, 6.07) is 14.7. The van der Waals surface area contributed by atoms with E-state index in [0.29, 0.717) is 10.9 Å². The summed E-state index contributed by atoms with van der Waals surface area (Å²) in [5, 5.41) is 11.3. The van der Waals surface area contributed by atoms with Crippen molar-refractivity contribution < 1.29 is 14.2 Å². The van der Waals surface area contributed by atoms with Crippen LogP contribution in [0.25, 0.3) is 0 Å². The van der Waals surface area contributed by atoms with Crippen molar-refractivity contribution in [3.05, 3.63) is 54.1 Å². The highest BCUT2D eigenvalue weighted by Crippen LogP contribution is 2.57. The maximum absolute atomic E-state index is 13.5. The van der Waals surface area contributed by atoms with Gasteiger partial charge < -0.3 is 19.4 Å². The molecule has 5 nitrogen and oxygen atoms in total. The summed E-state index contributed by atoms with van der Waals surface area (Å²) in [4.78, 5) is 3.93. The predicted molar refractivity (Wildman–Crippen MR) is 105 cm³/mol. The van der Waals surface area contributed by atoms with E-state index in [1.165, 1.54) is 0 Å². The quantitative estimate of drug-likeness (QED) is 0.765. The highest BCUT2D eigenvalue weighted by molar-refractivity contribution is 7.67. The third-order valence-corrected chi connectivity index (χ3v) is 6.68. The highest BCUT2D eigenvalue weighted by Gasteiger charge is 2.36. The molecule has 1 N–H and O–H groups in total. The Bertz CT molecular complexity index is 727. The van der Waals surface area contributed by atoms with Crippen LogP contribution in [-0.2, 0) is 9.09 Å². The number of aliphatic hydroxyl groups is 1. The Labute approximate surface area is 150 Å². The third kappa shape index (κ3) is 4.24. The molecule has 2 atom stereocenters. The minimum absolute atomic E-state index is 0.263. The largest absolute Gasteiger partial charge is 0.378 e. The average Bonchev–Trinajstić information content (AvgIpc) is 2.61. The molecule has 136 valence electrons. The lowest BCUT2D eigenvalue weighted by atomic mass is 10.2. The molecule has 0 heterocycles. The van der Waals surface area contributed by atoms with Gasteiger partial charge in [0.1, 0.15) is 0 Å². The van der Waals surface area contributed by atoms with Crippen LogP contribution in [0.1, 0.15) is 18.3 Å². The van der Waals surface area contributed by atoms with Crippen LogP contribution < -0.4 is 15.1 Å². The Kier molecular flexibility index (Phi) is 6.28. The van der Waals surface area contributed by atoms with Gasteiger partial charge in [-0.05, 0) is 48.9 Å². The maximum atomic E-state index is 13.5. The van der Waals surface area contributed by atoms with Gasteiger partial charge in [-0.3, -0.25) is 4.57 Å². The van der Waals surface area contributed by atoms with Crippen molar-refractivity contribution in [3.63, 3.8) is 0 Å². The van der Waals surface area contributed by atoms with Crippen LogP contribution in [-0.4, -0.2) is 39.9 Å². The van der Waals surface area contributed by atoms with Gasteiger partial charge in [0.2, 0.25) is 0 Å². The van der Waals surface area contributed by atoms with Crippen LogP contribution in [0.5, 0.6) is 0 Å². The van der Waals surface area contributed by atoms with Crippen LogP contribution in [0.2, 0.25) is 0 Å². The van der Waals surface area contributed by atoms with Crippen molar-refractivity contribution in [2.45, 2.75) is 12.8 Å². The molecule has 2 aromatic carbocycles. The summed E-state index contributed by atoms with van der Waals surface area (Å²) in [5.41, 5.74) is 2.59. The van der Waals surface area contributed by atoms with Gasteiger partial charge in [-0.25, -0.2) is 0 Å². The molecule has 0 fully saturated rings. The minimum Gasteiger partial charge on any atom is -0.378 e. The van der Waals surface area contributed by atoms with Gasteiger partial charge in [0.25, 0.3) is 7.37 Å². The van der Waals surface area contributed by atoms with Crippen molar-refractivity contribution >= 4 is 24.0 Å². The molecule has 0 radical (unpaired) electrons. The zero-order valence-electron chi connectivity index (χ0n) is 15.5. The van der Waals surface area contributed by atoms with Crippen molar-refractivity contribution in [1.29, 1.82) is 0 Å². The van der Waals surface area contributed by atoms with E-state index in [1.807, 2.05) is 62.3 Å². The molecule has 2 aromatic rings. The lowest BCUT2D eigenvalue weighted by molar-refractivity contribution is 0.218. The maximum Gasteiger partial charge on any atom is 0.264 e. The second-order valence-corrected chi connectivity index (χ2v) is 8.74. The minimum atomic E-state index is -3.45. The van der Waals surface area contributed by atoms with E-state index in [0.717, 1.165) is 11.4 Å². The van der Waals surface area contributed by atoms with Gasteiger partial charge in [-0.1, -0.05) is 12.1 Å². The number of aliphatic hydroxyl groups excluding tert-OH is 1. The van der Waals surface area contributed by atoms with E-state index in [2.05, 4.69) is 0 Å². The van der Waals surface area contributed by atoms with E-state index in [4.69, 9.17) is 4.52 Å². The number of nitrogens with zero attached hydrogens (tertiary/aromatic N) is 2. The first-order valence-corrected chi connectivity index (χ1v) is 9.96. The van der Waals surface area contributed by atoms with E-state index < -0.39 is 13.2 Å². The molecule has 0 saturated heterocycles. The number of hydrogen-bond donors (Lipinski definition) is 1. The zero-order valence-corrected chi connectivity index (χ0v) is 16.4. The van der Waals surface area contributed by atoms with Gasteiger partial charge in [0.15, 0.2) is 5.85 Å². The van der Waals surface area contributed by atoms with Gasteiger partial charge in [0.05, 0.1) is 6.61 Å². The molecule has 0 amide bonds. The third-order valence-electron chi connectivity index (χ3n) is 4.08. The van der Waals surface area contributed by atoms with Gasteiger partial charge in [-0.2, -0.15) is 0 Å². The molecule has 0 aliphatic heterocycles. The average molecular weight is 362 g/mol. The first kappa shape index (κ1) is 19.5. The van der Waals surface area contributed by atoms with Crippen molar-refractivity contribution in [2.75, 3.05) is 44.6 Å². The Morgan fingerprint density at radius 2 is 1.36 bits per heavy atom. The van der Waals surface area contributed by atoms with Crippen LogP contribution in [0.4, 0.5) is 11.4 Å². The molecule has 0 aromatic heterocycles. The summed E-state index contributed by atoms with van der Waals surface area (Å²) < 4.78 is 19.1. The van der Waals surface area contributed by atoms with Crippen LogP contribution in [0.3, 0.4) is 0 Å². The topological polar surface area (TPSA) is 53.0 Å². The van der Waals surface area contributed by atoms with Crippen molar-refractivity contribution in [2.24, 2.45) is 0 Å². The molecule has 0 spiro atoms. The Morgan fingerprint density at radius 1 is 0.920 bits per heavy atom. The lowest BCUT2D eigenvalue weighted by Gasteiger charge is -2.25.